The molecule has 2 nitrogen and oxygen atoms in total. The van der Waals surface area contributed by atoms with E-state index in [1.54, 1.807) is 7.11 Å². The third-order valence-electron chi connectivity index (χ3n) is 2.72. The highest BCUT2D eigenvalue weighted by Gasteiger charge is 2.07. The molecule has 4 heteroatoms. The van der Waals surface area contributed by atoms with E-state index in [-0.39, 0.29) is 0 Å². The van der Waals surface area contributed by atoms with Crippen LogP contribution >= 0.6 is 31.9 Å². The van der Waals surface area contributed by atoms with E-state index >= 15 is 0 Å². The first kappa shape index (κ1) is 14.4. The van der Waals surface area contributed by atoms with Crippen molar-refractivity contribution >= 4 is 31.9 Å². The fourth-order valence-corrected chi connectivity index (χ4v) is 2.44. The molecule has 2 aromatic rings. The molecule has 0 heterocycles. The molecule has 0 aliphatic carbocycles. The molecule has 0 aliphatic heterocycles. The molecule has 0 fully saturated rings. The van der Waals surface area contributed by atoms with Gasteiger partial charge in [-0.25, -0.2) is 0 Å². The predicted molar refractivity (Wildman–Crippen MR) is 84.1 cm³/mol. The van der Waals surface area contributed by atoms with Crippen molar-refractivity contribution in [2.45, 2.75) is 11.9 Å². The van der Waals surface area contributed by atoms with E-state index in [0.717, 1.165) is 32.4 Å². The van der Waals surface area contributed by atoms with E-state index in [9.17, 15) is 0 Å². The van der Waals surface area contributed by atoms with Gasteiger partial charge in [0.15, 0.2) is 11.5 Å². The van der Waals surface area contributed by atoms with Crippen molar-refractivity contribution in [3.05, 3.63) is 58.1 Å². The van der Waals surface area contributed by atoms with Crippen LogP contribution in [0.1, 0.15) is 11.1 Å². The number of halogens is 2. The SMILES string of the molecule is COc1ccc(CBr)cc1OCc1ccccc1Br. The first-order valence-corrected chi connectivity index (χ1v) is 7.75. The fourth-order valence-electron chi connectivity index (χ4n) is 1.69. The van der Waals surface area contributed by atoms with Crippen molar-refractivity contribution < 1.29 is 9.47 Å². The second-order valence-electron chi connectivity index (χ2n) is 4.00. The van der Waals surface area contributed by atoms with Crippen LogP contribution in [0.15, 0.2) is 46.9 Å². The van der Waals surface area contributed by atoms with Gasteiger partial charge in [-0.1, -0.05) is 56.1 Å². The largest absolute Gasteiger partial charge is 0.493 e. The first-order chi connectivity index (χ1) is 9.24. The molecule has 19 heavy (non-hydrogen) atoms. The highest BCUT2D eigenvalue weighted by Crippen LogP contribution is 2.30. The Bertz CT molecular complexity index is 556. The molecule has 2 aromatic carbocycles. The molecule has 0 amide bonds. The van der Waals surface area contributed by atoms with E-state index in [1.165, 1.54) is 0 Å². The zero-order valence-corrected chi connectivity index (χ0v) is 13.7. The topological polar surface area (TPSA) is 18.5 Å². The van der Waals surface area contributed by atoms with Crippen molar-refractivity contribution in [3.8, 4) is 11.5 Å². The van der Waals surface area contributed by atoms with Gasteiger partial charge in [0.2, 0.25) is 0 Å². The second kappa shape index (κ2) is 6.96. The van der Waals surface area contributed by atoms with Gasteiger partial charge in [0.25, 0.3) is 0 Å². The van der Waals surface area contributed by atoms with Crippen molar-refractivity contribution in [2.75, 3.05) is 7.11 Å². The average molecular weight is 386 g/mol. The lowest BCUT2D eigenvalue weighted by Crippen LogP contribution is -1.99. The third kappa shape index (κ3) is 3.74. The molecule has 0 radical (unpaired) electrons. The first-order valence-electron chi connectivity index (χ1n) is 5.83. The highest BCUT2D eigenvalue weighted by molar-refractivity contribution is 9.10. The molecule has 0 unspecified atom stereocenters. The smallest absolute Gasteiger partial charge is 0.161 e. The van der Waals surface area contributed by atoms with Crippen molar-refractivity contribution in [2.24, 2.45) is 0 Å². The quantitative estimate of drug-likeness (QED) is 0.679. The Kier molecular flexibility index (Phi) is 5.28. The van der Waals surface area contributed by atoms with Crippen LogP contribution in [0.4, 0.5) is 0 Å². The Morgan fingerprint density at radius 1 is 1.05 bits per heavy atom. The zero-order valence-electron chi connectivity index (χ0n) is 10.5. The molecule has 0 aromatic heterocycles. The fraction of sp³-hybridized carbons (Fsp3) is 0.200. The minimum Gasteiger partial charge on any atom is -0.493 e. The normalized spacial score (nSPS) is 10.3. The Morgan fingerprint density at radius 2 is 1.84 bits per heavy atom. The number of alkyl halides is 1. The molecule has 0 saturated heterocycles. The van der Waals surface area contributed by atoms with E-state index < -0.39 is 0 Å². The van der Waals surface area contributed by atoms with Crippen LogP contribution in [0.5, 0.6) is 11.5 Å². The van der Waals surface area contributed by atoms with E-state index in [4.69, 9.17) is 9.47 Å². The maximum Gasteiger partial charge on any atom is 0.161 e. The molecule has 0 spiro atoms. The predicted octanol–water partition coefficient (Wildman–Crippen LogP) is 4.93. The molecule has 0 aliphatic rings. The molecule has 2 rings (SSSR count). The summed E-state index contributed by atoms with van der Waals surface area (Å²) in [6, 6.07) is 13.9. The zero-order chi connectivity index (χ0) is 13.7. The van der Waals surface area contributed by atoms with Gasteiger partial charge >= 0.3 is 0 Å². The monoisotopic (exact) mass is 384 g/mol. The summed E-state index contributed by atoms with van der Waals surface area (Å²) in [6.07, 6.45) is 0. The minimum atomic E-state index is 0.503. The highest BCUT2D eigenvalue weighted by atomic mass is 79.9. The number of hydrogen-bond acceptors (Lipinski definition) is 2. The van der Waals surface area contributed by atoms with Gasteiger partial charge in [0, 0.05) is 15.4 Å². The van der Waals surface area contributed by atoms with Crippen molar-refractivity contribution in [1.82, 2.24) is 0 Å². The van der Waals surface area contributed by atoms with Crippen molar-refractivity contribution in [3.63, 3.8) is 0 Å². The number of methoxy groups -OCH3 is 1. The lowest BCUT2D eigenvalue weighted by atomic mass is 10.2. The standard InChI is InChI=1S/C15H14Br2O2/c1-18-14-7-6-11(9-16)8-15(14)19-10-12-4-2-3-5-13(12)17/h2-8H,9-10H2,1H3. The van der Waals surface area contributed by atoms with Crippen molar-refractivity contribution in [1.29, 1.82) is 0 Å². The average Bonchev–Trinajstić information content (AvgIpc) is 2.46. The summed E-state index contributed by atoms with van der Waals surface area (Å²) < 4.78 is 12.2. The number of hydrogen-bond donors (Lipinski definition) is 0. The summed E-state index contributed by atoms with van der Waals surface area (Å²) in [4.78, 5) is 0. The van der Waals surface area contributed by atoms with E-state index in [1.807, 2.05) is 42.5 Å². The molecule has 0 saturated carbocycles. The maximum absolute atomic E-state index is 5.86. The Hall–Kier alpha value is -1.00. The molecule has 0 N–H and O–H groups in total. The molecule has 0 atom stereocenters. The van der Waals surface area contributed by atoms with Gasteiger partial charge in [-0.3, -0.25) is 0 Å². The van der Waals surface area contributed by atoms with Crippen LogP contribution < -0.4 is 9.47 Å². The second-order valence-corrected chi connectivity index (χ2v) is 5.41. The summed E-state index contributed by atoms with van der Waals surface area (Å²) in [5, 5.41) is 0.794. The van der Waals surface area contributed by atoms with Crippen LogP contribution in [-0.4, -0.2) is 7.11 Å². The summed E-state index contributed by atoms with van der Waals surface area (Å²) in [5.41, 5.74) is 2.26. The minimum absolute atomic E-state index is 0.503. The lowest BCUT2D eigenvalue weighted by molar-refractivity contribution is 0.283. The summed E-state index contributed by atoms with van der Waals surface area (Å²) in [7, 11) is 1.65. The van der Waals surface area contributed by atoms with Crippen LogP contribution in [-0.2, 0) is 11.9 Å². The molecular formula is C15H14Br2O2. The Morgan fingerprint density at radius 3 is 2.53 bits per heavy atom. The van der Waals surface area contributed by atoms with Crippen LogP contribution in [0.2, 0.25) is 0 Å². The summed E-state index contributed by atoms with van der Waals surface area (Å²) in [6.45, 7) is 0.503. The van der Waals surface area contributed by atoms with Gasteiger partial charge in [-0.05, 0) is 23.8 Å². The van der Waals surface area contributed by atoms with Gasteiger partial charge in [-0.2, -0.15) is 0 Å². The number of benzene rings is 2. The van der Waals surface area contributed by atoms with Gasteiger partial charge in [0.1, 0.15) is 6.61 Å². The van der Waals surface area contributed by atoms with Crippen LogP contribution in [0.3, 0.4) is 0 Å². The Balaban J connectivity index is 2.16. The number of ether oxygens (including phenoxy) is 2. The third-order valence-corrected chi connectivity index (χ3v) is 4.14. The molecular weight excluding hydrogens is 372 g/mol. The summed E-state index contributed by atoms with van der Waals surface area (Å²) >= 11 is 6.96. The summed E-state index contributed by atoms with van der Waals surface area (Å²) in [5.74, 6) is 1.51. The van der Waals surface area contributed by atoms with Crippen LogP contribution in [0.25, 0.3) is 0 Å². The van der Waals surface area contributed by atoms with Gasteiger partial charge < -0.3 is 9.47 Å². The van der Waals surface area contributed by atoms with E-state index in [0.29, 0.717) is 6.61 Å². The Labute approximate surface area is 130 Å². The van der Waals surface area contributed by atoms with E-state index in [2.05, 4.69) is 31.9 Å². The van der Waals surface area contributed by atoms with Gasteiger partial charge in [-0.15, -0.1) is 0 Å². The molecule has 100 valence electrons. The maximum atomic E-state index is 5.86. The van der Waals surface area contributed by atoms with Crippen LogP contribution in [0, 0.1) is 0 Å². The molecule has 0 bridgehead atoms. The lowest BCUT2D eigenvalue weighted by Gasteiger charge is -2.12. The van der Waals surface area contributed by atoms with Gasteiger partial charge in [0.05, 0.1) is 7.11 Å². The number of rotatable bonds is 5.